The molecule has 2 N–H and O–H groups in total. The lowest BCUT2D eigenvalue weighted by Crippen LogP contribution is -2.49. The number of piperidine rings is 1. The number of aliphatic carboxylic acids is 1. The van der Waals surface area contributed by atoms with Crippen LogP contribution in [-0.4, -0.2) is 34.6 Å². The van der Waals surface area contributed by atoms with E-state index in [9.17, 15) is 14.0 Å². The molecule has 1 aliphatic carbocycles. The highest BCUT2D eigenvalue weighted by Crippen LogP contribution is 2.31. The molecule has 0 bridgehead atoms. The van der Waals surface area contributed by atoms with Crippen LogP contribution in [0.4, 0.5) is 9.18 Å². The molecule has 0 radical (unpaired) electrons. The number of likely N-dealkylation sites (tertiary alicyclic amines) is 1. The third kappa shape index (κ3) is 4.30. The molecule has 0 aromatic heterocycles. The van der Waals surface area contributed by atoms with Crippen molar-refractivity contribution in [1.29, 1.82) is 0 Å². The molecule has 1 heterocycles. The molecule has 0 spiro atoms. The van der Waals surface area contributed by atoms with Gasteiger partial charge in [0.05, 0.1) is 12.0 Å². The maximum atomic E-state index is 13.2. The first-order valence-corrected chi connectivity index (χ1v) is 9.10. The van der Waals surface area contributed by atoms with Gasteiger partial charge in [-0.3, -0.25) is 4.79 Å². The van der Waals surface area contributed by atoms with E-state index in [0.29, 0.717) is 32.2 Å². The lowest BCUT2D eigenvalue weighted by Gasteiger charge is -2.38. The third-order valence-electron chi connectivity index (χ3n) is 5.42. The molecule has 1 aromatic rings. The summed E-state index contributed by atoms with van der Waals surface area (Å²) in [6.07, 6.45) is 5.54. The van der Waals surface area contributed by atoms with E-state index in [2.05, 4.69) is 5.32 Å². The van der Waals surface area contributed by atoms with Crippen LogP contribution in [0, 0.1) is 11.7 Å². The normalized spacial score (nSPS) is 26.9. The summed E-state index contributed by atoms with van der Waals surface area (Å²) in [5.74, 6) is -1.29. The van der Waals surface area contributed by atoms with E-state index in [1.807, 2.05) is 4.90 Å². The molecule has 1 saturated heterocycles. The molecular formula is C19H25FN2O3. The summed E-state index contributed by atoms with van der Waals surface area (Å²) in [5.41, 5.74) is 0.964. The molecule has 1 aromatic carbocycles. The second kappa shape index (κ2) is 7.85. The average molecular weight is 348 g/mol. The zero-order valence-corrected chi connectivity index (χ0v) is 14.3. The molecule has 136 valence electrons. The van der Waals surface area contributed by atoms with Gasteiger partial charge >= 0.3 is 12.0 Å². The highest BCUT2D eigenvalue weighted by atomic mass is 19.1. The van der Waals surface area contributed by atoms with Gasteiger partial charge < -0.3 is 15.3 Å². The molecule has 1 atom stereocenters. The summed E-state index contributed by atoms with van der Waals surface area (Å²) in [6.45, 7) is 0.693. The number of hydrogen-bond donors (Lipinski definition) is 2. The SMILES string of the molecule is O=C(O)C1CCC(NC(=O)N2CCCCC2c2ccc(F)cc2)CC1. The number of carbonyl (C=O) groups is 2. The zero-order chi connectivity index (χ0) is 17.8. The smallest absolute Gasteiger partial charge is 0.318 e. The summed E-state index contributed by atoms with van der Waals surface area (Å²) in [7, 11) is 0. The van der Waals surface area contributed by atoms with Crippen LogP contribution in [0.15, 0.2) is 24.3 Å². The van der Waals surface area contributed by atoms with Crippen LogP contribution in [-0.2, 0) is 4.79 Å². The summed E-state index contributed by atoms with van der Waals surface area (Å²) in [4.78, 5) is 25.6. The van der Waals surface area contributed by atoms with E-state index < -0.39 is 5.97 Å². The van der Waals surface area contributed by atoms with Gasteiger partial charge in [-0.1, -0.05) is 12.1 Å². The van der Waals surface area contributed by atoms with Crippen LogP contribution in [0.3, 0.4) is 0 Å². The van der Waals surface area contributed by atoms with Crippen molar-refractivity contribution < 1.29 is 19.1 Å². The number of benzene rings is 1. The molecule has 2 amide bonds. The number of carboxylic acids is 1. The average Bonchev–Trinajstić information content (AvgIpc) is 2.63. The fraction of sp³-hybridized carbons (Fsp3) is 0.579. The standard InChI is InChI=1S/C19H25FN2O3/c20-15-8-4-13(5-9-15)17-3-1-2-12-22(17)19(25)21-16-10-6-14(7-11-16)18(23)24/h4-5,8-9,14,16-17H,1-3,6-7,10-12H2,(H,21,25)(H,23,24). The quantitative estimate of drug-likeness (QED) is 0.875. The fourth-order valence-corrected chi connectivity index (χ4v) is 3.95. The first kappa shape index (κ1) is 17.7. The Bertz CT molecular complexity index is 612. The van der Waals surface area contributed by atoms with Crippen molar-refractivity contribution in [2.24, 2.45) is 5.92 Å². The lowest BCUT2D eigenvalue weighted by atomic mass is 9.86. The van der Waals surface area contributed by atoms with Crippen molar-refractivity contribution in [3.8, 4) is 0 Å². The first-order chi connectivity index (χ1) is 12.0. The van der Waals surface area contributed by atoms with Crippen LogP contribution in [0.5, 0.6) is 0 Å². The topological polar surface area (TPSA) is 69.6 Å². The lowest BCUT2D eigenvalue weighted by molar-refractivity contribution is -0.142. The number of carbonyl (C=O) groups excluding carboxylic acids is 1. The second-order valence-corrected chi connectivity index (χ2v) is 7.09. The van der Waals surface area contributed by atoms with Gasteiger partial charge in [-0.2, -0.15) is 0 Å². The number of rotatable bonds is 3. The number of hydrogen-bond acceptors (Lipinski definition) is 2. The Morgan fingerprint density at radius 3 is 2.36 bits per heavy atom. The minimum atomic E-state index is -0.739. The van der Waals surface area contributed by atoms with Gasteiger partial charge in [-0.25, -0.2) is 9.18 Å². The minimum Gasteiger partial charge on any atom is -0.481 e. The predicted molar refractivity (Wildman–Crippen MR) is 91.6 cm³/mol. The molecule has 25 heavy (non-hydrogen) atoms. The highest BCUT2D eigenvalue weighted by molar-refractivity contribution is 5.75. The monoisotopic (exact) mass is 348 g/mol. The highest BCUT2D eigenvalue weighted by Gasteiger charge is 2.31. The van der Waals surface area contributed by atoms with Crippen molar-refractivity contribution in [1.82, 2.24) is 10.2 Å². The second-order valence-electron chi connectivity index (χ2n) is 7.09. The summed E-state index contributed by atoms with van der Waals surface area (Å²) < 4.78 is 13.2. The van der Waals surface area contributed by atoms with Crippen LogP contribution < -0.4 is 5.32 Å². The van der Waals surface area contributed by atoms with Crippen molar-refractivity contribution in [3.63, 3.8) is 0 Å². The molecule has 1 unspecified atom stereocenters. The van der Waals surface area contributed by atoms with E-state index in [0.717, 1.165) is 24.8 Å². The Hall–Kier alpha value is -2.11. The first-order valence-electron chi connectivity index (χ1n) is 9.10. The number of amides is 2. The largest absolute Gasteiger partial charge is 0.481 e. The van der Waals surface area contributed by atoms with E-state index in [1.54, 1.807) is 12.1 Å². The van der Waals surface area contributed by atoms with Crippen LogP contribution >= 0.6 is 0 Å². The predicted octanol–water partition coefficient (Wildman–Crippen LogP) is 3.71. The molecule has 3 rings (SSSR count). The summed E-state index contributed by atoms with van der Waals surface area (Å²) in [5, 5.41) is 12.1. The van der Waals surface area contributed by atoms with Crippen molar-refractivity contribution >= 4 is 12.0 Å². The van der Waals surface area contributed by atoms with Crippen LogP contribution in [0.2, 0.25) is 0 Å². The number of nitrogens with one attached hydrogen (secondary N) is 1. The maximum Gasteiger partial charge on any atom is 0.318 e. The molecule has 1 aliphatic heterocycles. The van der Waals surface area contributed by atoms with Gasteiger partial charge in [-0.05, 0) is 62.6 Å². The van der Waals surface area contributed by atoms with Gasteiger partial charge in [0.15, 0.2) is 0 Å². The van der Waals surface area contributed by atoms with Crippen LogP contribution in [0.1, 0.15) is 56.6 Å². The van der Waals surface area contributed by atoms with Crippen molar-refractivity contribution in [2.45, 2.75) is 57.0 Å². The molecule has 6 heteroatoms. The Morgan fingerprint density at radius 1 is 1.04 bits per heavy atom. The Kier molecular flexibility index (Phi) is 5.56. The van der Waals surface area contributed by atoms with Gasteiger partial charge in [0, 0.05) is 12.6 Å². The zero-order valence-electron chi connectivity index (χ0n) is 14.3. The molecule has 2 fully saturated rings. The maximum absolute atomic E-state index is 13.2. The summed E-state index contributed by atoms with van der Waals surface area (Å²) >= 11 is 0. The van der Waals surface area contributed by atoms with Gasteiger partial charge in [-0.15, -0.1) is 0 Å². The third-order valence-corrected chi connectivity index (χ3v) is 5.42. The number of nitrogens with zero attached hydrogens (tertiary/aromatic N) is 1. The minimum absolute atomic E-state index is 0.0234. The van der Waals surface area contributed by atoms with Gasteiger partial charge in [0.2, 0.25) is 0 Å². The number of halogens is 1. The molecular weight excluding hydrogens is 323 g/mol. The van der Waals surface area contributed by atoms with E-state index >= 15 is 0 Å². The van der Waals surface area contributed by atoms with Gasteiger partial charge in [0.1, 0.15) is 5.82 Å². The Morgan fingerprint density at radius 2 is 1.72 bits per heavy atom. The Labute approximate surface area is 147 Å². The number of carboxylic acid groups (broad SMARTS) is 1. The van der Waals surface area contributed by atoms with Crippen molar-refractivity contribution in [2.75, 3.05) is 6.54 Å². The van der Waals surface area contributed by atoms with Gasteiger partial charge in [0.25, 0.3) is 0 Å². The summed E-state index contributed by atoms with van der Waals surface area (Å²) in [6, 6.07) is 6.31. The van der Waals surface area contributed by atoms with Crippen molar-refractivity contribution in [3.05, 3.63) is 35.6 Å². The van der Waals surface area contributed by atoms with Crippen LogP contribution in [0.25, 0.3) is 0 Å². The molecule has 5 nitrogen and oxygen atoms in total. The van der Waals surface area contributed by atoms with E-state index in [-0.39, 0.29) is 29.8 Å². The Balaban J connectivity index is 1.61. The van der Waals surface area contributed by atoms with E-state index in [1.165, 1.54) is 12.1 Å². The number of urea groups is 1. The molecule has 2 aliphatic rings. The molecule has 1 saturated carbocycles. The fourth-order valence-electron chi connectivity index (χ4n) is 3.95. The van der Waals surface area contributed by atoms with E-state index in [4.69, 9.17) is 5.11 Å².